The second-order valence-corrected chi connectivity index (χ2v) is 6.48. The monoisotopic (exact) mass is 307 g/mol. The molecule has 0 aromatic carbocycles. The SMILES string of the molecule is CC(C)c1cc([C@@H]2CCCN2C(=O)NC[C@@H]2CCCO2)on1. The zero-order chi connectivity index (χ0) is 15.5. The molecule has 1 aromatic heterocycles. The summed E-state index contributed by atoms with van der Waals surface area (Å²) in [5.41, 5.74) is 0.946. The van der Waals surface area contributed by atoms with Crippen LogP contribution in [0.25, 0.3) is 0 Å². The van der Waals surface area contributed by atoms with Gasteiger partial charge in [0.25, 0.3) is 0 Å². The normalized spacial score (nSPS) is 25.1. The van der Waals surface area contributed by atoms with Gasteiger partial charge in [-0.1, -0.05) is 19.0 Å². The molecule has 122 valence electrons. The fourth-order valence-corrected chi connectivity index (χ4v) is 3.15. The fourth-order valence-electron chi connectivity index (χ4n) is 3.15. The second kappa shape index (κ2) is 6.69. The number of urea groups is 1. The first-order valence-corrected chi connectivity index (χ1v) is 8.27. The zero-order valence-electron chi connectivity index (χ0n) is 13.4. The minimum atomic E-state index is -0.0273. The van der Waals surface area contributed by atoms with Crippen molar-refractivity contribution >= 4 is 6.03 Å². The van der Waals surface area contributed by atoms with Crippen LogP contribution in [0.4, 0.5) is 4.79 Å². The van der Waals surface area contributed by atoms with Crippen LogP contribution in [0.3, 0.4) is 0 Å². The van der Waals surface area contributed by atoms with Crippen molar-refractivity contribution in [3.8, 4) is 0 Å². The lowest BCUT2D eigenvalue weighted by Crippen LogP contribution is -2.42. The number of likely N-dealkylation sites (tertiary alicyclic amines) is 1. The summed E-state index contributed by atoms with van der Waals surface area (Å²) < 4.78 is 11.0. The number of nitrogens with zero attached hydrogens (tertiary/aromatic N) is 2. The third-order valence-electron chi connectivity index (χ3n) is 4.49. The van der Waals surface area contributed by atoms with E-state index in [-0.39, 0.29) is 18.2 Å². The summed E-state index contributed by atoms with van der Waals surface area (Å²) in [6.07, 6.45) is 4.21. The van der Waals surface area contributed by atoms with Crippen molar-refractivity contribution in [2.45, 2.75) is 57.6 Å². The molecular weight excluding hydrogens is 282 g/mol. The van der Waals surface area contributed by atoms with E-state index in [2.05, 4.69) is 24.3 Å². The molecule has 3 heterocycles. The predicted octanol–water partition coefficient (Wildman–Crippen LogP) is 2.82. The number of amides is 2. The Morgan fingerprint density at radius 2 is 2.32 bits per heavy atom. The van der Waals surface area contributed by atoms with Gasteiger partial charge in [-0.25, -0.2) is 4.79 Å². The highest BCUT2D eigenvalue weighted by Gasteiger charge is 2.33. The molecular formula is C16H25N3O3. The van der Waals surface area contributed by atoms with Crippen LogP contribution in [0, 0.1) is 0 Å². The van der Waals surface area contributed by atoms with Gasteiger partial charge in [-0.2, -0.15) is 0 Å². The largest absolute Gasteiger partial charge is 0.376 e. The zero-order valence-corrected chi connectivity index (χ0v) is 13.4. The number of hydrogen-bond acceptors (Lipinski definition) is 4. The number of hydrogen-bond donors (Lipinski definition) is 1. The predicted molar refractivity (Wildman–Crippen MR) is 81.6 cm³/mol. The highest BCUT2D eigenvalue weighted by molar-refractivity contribution is 5.75. The van der Waals surface area contributed by atoms with Gasteiger partial charge >= 0.3 is 6.03 Å². The molecule has 0 aliphatic carbocycles. The molecule has 3 rings (SSSR count). The average molecular weight is 307 g/mol. The lowest BCUT2D eigenvalue weighted by molar-refractivity contribution is 0.108. The van der Waals surface area contributed by atoms with Crippen molar-refractivity contribution in [2.24, 2.45) is 0 Å². The maximum atomic E-state index is 12.4. The van der Waals surface area contributed by atoms with Gasteiger partial charge < -0.3 is 19.5 Å². The molecule has 0 radical (unpaired) electrons. The van der Waals surface area contributed by atoms with Crippen LogP contribution in [0.5, 0.6) is 0 Å². The van der Waals surface area contributed by atoms with Crippen molar-refractivity contribution < 1.29 is 14.1 Å². The molecule has 1 aromatic rings. The number of rotatable bonds is 4. The van der Waals surface area contributed by atoms with Gasteiger partial charge in [-0.15, -0.1) is 0 Å². The summed E-state index contributed by atoms with van der Waals surface area (Å²) >= 11 is 0. The highest BCUT2D eigenvalue weighted by atomic mass is 16.5. The molecule has 0 spiro atoms. The fraction of sp³-hybridized carbons (Fsp3) is 0.750. The van der Waals surface area contributed by atoms with Gasteiger partial charge in [-0.05, 0) is 31.6 Å². The van der Waals surface area contributed by atoms with Gasteiger partial charge in [0, 0.05) is 25.8 Å². The first-order valence-electron chi connectivity index (χ1n) is 8.27. The van der Waals surface area contributed by atoms with Crippen LogP contribution in [0.1, 0.15) is 62.9 Å². The molecule has 2 saturated heterocycles. The summed E-state index contributed by atoms with van der Waals surface area (Å²) in [5.74, 6) is 1.13. The Morgan fingerprint density at radius 3 is 3.00 bits per heavy atom. The number of carbonyl (C=O) groups is 1. The van der Waals surface area contributed by atoms with E-state index in [0.29, 0.717) is 12.5 Å². The molecule has 22 heavy (non-hydrogen) atoms. The maximum absolute atomic E-state index is 12.4. The summed E-state index contributed by atoms with van der Waals surface area (Å²) in [5, 5.41) is 7.11. The molecule has 2 aliphatic heterocycles. The minimum Gasteiger partial charge on any atom is -0.376 e. The van der Waals surface area contributed by atoms with Gasteiger partial charge in [0.2, 0.25) is 0 Å². The topological polar surface area (TPSA) is 67.6 Å². The van der Waals surface area contributed by atoms with Crippen LogP contribution in [0.15, 0.2) is 10.6 Å². The van der Waals surface area contributed by atoms with Crippen LogP contribution < -0.4 is 5.32 Å². The molecule has 2 aliphatic rings. The summed E-state index contributed by atoms with van der Waals surface area (Å²) in [4.78, 5) is 14.3. The van der Waals surface area contributed by atoms with Gasteiger partial charge in [0.1, 0.15) is 0 Å². The van der Waals surface area contributed by atoms with Crippen LogP contribution in [-0.4, -0.2) is 41.9 Å². The van der Waals surface area contributed by atoms with Crippen LogP contribution in [-0.2, 0) is 4.74 Å². The van der Waals surface area contributed by atoms with Gasteiger partial charge in [0.05, 0.1) is 17.8 Å². The lowest BCUT2D eigenvalue weighted by Gasteiger charge is -2.23. The Kier molecular flexibility index (Phi) is 4.66. The van der Waals surface area contributed by atoms with E-state index < -0.39 is 0 Å². The highest BCUT2D eigenvalue weighted by Crippen LogP contribution is 2.33. The average Bonchev–Trinajstić information content (AvgIpc) is 3.23. The molecule has 2 amide bonds. The minimum absolute atomic E-state index is 0.00416. The number of ether oxygens (including phenoxy) is 1. The third kappa shape index (κ3) is 3.27. The Hall–Kier alpha value is -1.56. The lowest BCUT2D eigenvalue weighted by atomic mass is 10.1. The molecule has 0 bridgehead atoms. The molecule has 6 heteroatoms. The van der Waals surface area contributed by atoms with E-state index in [1.54, 1.807) is 0 Å². The maximum Gasteiger partial charge on any atom is 0.318 e. The van der Waals surface area contributed by atoms with E-state index >= 15 is 0 Å². The number of aromatic nitrogens is 1. The first kappa shape index (κ1) is 15.3. The second-order valence-electron chi connectivity index (χ2n) is 6.48. The Balaban J connectivity index is 1.60. The molecule has 0 unspecified atom stereocenters. The van der Waals surface area contributed by atoms with Crippen molar-refractivity contribution in [3.05, 3.63) is 17.5 Å². The molecule has 1 N–H and O–H groups in total. The van der Waals surface area contributed by atoms with Crippen LogP contribution in [0.2, 0.25) is 0 Å². The van der Waals surface area contributed by atoms with Crippen molar-refractivity contribution in [2.75, 3.05) is 19.7 Å². The summed E-state index contributed by atoms with van der Waals surface area (Å²) in [7, 11) is 0. The van der Waals surface area contributed by atoms with Gasteiger partial charge in [0.15, 0.2) is 5.76 Å². The Labute approximate surface area is 131 Å². The van der Waals surface area contributed by atoms with E-state index in [9.17, 15) is 4.79 Å². The molecule has 2 fully saturated rings. The van der Waals surface area contributed by atoms with E-state index in [4.69, 9.17) is 9.26 Å². The van der Waals surface area contributed by atoms with E-state index in [0.717, 1.165) is 50.3 Å². The van der Waals surface area contributed by atoms with Crippen molar-refractivity contribution in [3.63, 3.8) is 0 Å². The number of carbonyl (C=O) groups excluding carboxylic acids is 1. The molecule has 0 saturated carbocycles. The Bertz CT molecular complexity index is 508. The molecule has 6 nitrogen and oxygen atoms in total. The third-order valence-corrected chi connectivity index (χ3v) is 4.49. The summed E-state index contributed by atoms with van der Waals surface area (Å²) in [6.45, 7) is 6.34. The van der Waals surface area contributed by atoms with E-state index in [1.807, 2.05) is 11.0 Å². The van der Waals surface area contributed by atoms with Gasteiger partial charge in [-0.3, -0.25) is 0 Å². The van der Waals surface area contributed by atoms with Crippen molar-refractivity contribution in [1.29, 1.82) is 0 Å². The standard InChI is InChI=1S/C16H25N3O3/c1-11(2)13-9-15(22-18-13)14-6-3-7-19(14)16(20)17-10-12-5-4-8-21-12/h9,11-12,14H,3-8,10H2,1-2H3,(H,17,20)/t12-,14-/m0/s1. The van der Waals surface area contributed by atoms with E-state index in [1.165, 1.54) is 0 Å². The smallest absolute Gasteiger partial charge is 0.318 e. The van der Waals surface area contributed by atoms with Crippen molar-refractivity contribution in [1.82, 2.24) is 15.4 Å². The van der Waals surface area contributed by atoms with Crippen LogP contribution >= 0.6 is 0 Å². The number of nitrogens with one attached hydrogen (secondary N) is 1. The molecule has 2 atom stereocenters. The quantitative estimate of drug-likeness (QED) is 0.929. The first-order chi connectivity index (χ1) is 10.6. The Morgan fingerprint density at radius 1 is 1.45 bits per heavy atom. The summed E-state index contributed by atoms with van der Waals surface area (Å²) in [6, 6.07) is 1.96.